The summed E-state index contributed by atoms with van der Waals surface area (Å²) in [4.78, 5) is 6.88. The summed E-state index contributed by atoms with van der Waals surface area (Å²) in [6.07, 6.45) is 62.5. The Morgan fingerprint density at radius 1 is 0.333 bits per heavy atom. The van der Waals surface area contributed by atoms with Crippen LogP contribution in [-0.4, -0.2) is 58.3 Å². The maximum atomic E-state index is 7.63. The minimum absolute atomic E-state index is 0.565. The van der Waals surface area contributed by atoms with E-state index >= 15 is 0 Å². The van der Waals surface area contributed by atoms with Crippen LogP contribution in [0.2, 0.25) is 0 Å². The van der Waals surface area contributed by atoms with Crippen molar-refractivity contribution in [1.29, 1.82) is 0 Å². The lowest BCUT2D eigenvalue weighted by Crippen LogP contribution is -2.59. The van der Waals surface area contributed by atoms with Gasteiger partial charge in [-0.2, -0.15) is 0 Å². The molecule has 0 amide bonds. The van der Waals surface area contributed by atoms with Crippen molar-refractivity contribution in [2.24, 2.45) is 71.0 Å². The van der Waals surface area contributed by atoms with E-state index in [4.69, 9.17) is 4.74 Å². The van der Waals surface area contributed by atoms with E-state index in [0.717, 1.165) is 107 Å². The van der Waals surface area contributed by atoms with Gasteiger partial charge in [0, 0.05) is 36.3 Å². The quantitative estimate of drug-likeness (QED) is 0.242. The standard InChI is InChI=1S/C60H100N2O/c1-4-16-41(17-5-1)43-28-30-46(31-29-43)53-40-54-51-23-12-15-27-57(51)63-60(54)59-58(53)52-24-11-14-26-56(52)62(59)49-38-36-48(37-39-49)61(47-34-32-44(33-35-47)42-18-6-2-7-19-42)55-25-13-10-22-50(55)45-20-8-3-9-21-45/h41-60H,1-40H2/t43?,44?,46?,47?,48?,49?,50?,51?,52?,53?,54?,55?,56?,57?,58?,59?,60-/m0/s1. The molecule has 12 rings (SSSR count). The summed E-state index contributed by atoms with van der Waals surface area (Å²) in [6, 6.07) is 5.12. The molecule has 12 fully saturated rings. The first-order chi connectivity index (χ1) is 31.3. The van der Waals surface area contributed by atoms with E-state index < -0.39 is 0 Å². The van der Waals surface area contributed by atoms with E-state index in [1.165, 1.54) is 148 Å². The predicted molar refractivity (Wildman–Crippen MR) is 262 cm³/mol. The van der Waals surface area contributed by atoms with Crippen molar-refractivity contribution in [1.82, 2.24) is 9.80 Å². The van der Waals surface area contributed by atoms with Gasteiger partial charge in [-0.1, -0.05) is 135 Å². The van der Waals surface area contributed by atoms with Gasteiger partial charge in [0.1, 0.15) is 0 Å². The van der Waals surface area contributed by atoms with Crippen molar-refractivity contribution in [2.75, 3.05) is 0 Å². The van der Waals surface area contributed by atoms with Crippen LogP contribution in [0.3, 0.4) is 0 Å². The summed E-state index contributed by atoms with van der Waals surface area (Å²) in [5.74, 6) is 12.0. The van der Waals surface area contributed by atoms with Crippen LogP contribution < -0.4 is 0 Å². The Labute approximate surface area is 389 Å². The van der Waals surface area contributed by atoms with Crippen LogP contribution >= 0.6 is 0 Å². The van der Waals surface area contributed by atoms with Gasteiger partial charge in [0.2, 0.25) is 0 Å². The molecule has 0 spiro atoms. The van der Waals surface area contributed by atoms with Crippen molar-refractivity contribution in [2.45, 2.75) is 305 Å². The fourth-order valence-corrected chi connectivity index (χ4v) is 21.3. The van der Waals surface area contributed by atoms with Crippen molar-refractivity contribution in [3.8, 4) is 0 Å². The molecule has 2 aliphatic heterocycles. The van der Waals surface area contributed by atoms with Crippen LogP contribution in [0.15, 0.2) is 0 Å². The second kappa shape index (κ2) is 20.1. The van der Waals surface area contributed by atoms with Gasteiger partial charge in [-0.3, -0.25) is 9.80 Å². The molecule has 0 N–H and O–H groups in total. The third-order valence-electron chi connectivity index (χ3n) is 24.0. The molecule has 356 valence electrons. The molecule has 2 saturated heterocycles. The SMILES string of the molecule is C1CCC(C2CCC(C3CC4C5CCCCC5O[C@@H]4C4C3C3CCCCC3N4C3CCC(N(C4CCC(C5CCCCC5)CC4)C4CCCCC4C4CCCCC4)CC3)CC2)CC1. The maximum absolute atomic E-state index is 7.63. The molecule has 2 heterocycles. The van der Waals surface area contributed by atoms with Gasteiger partial charge in [-0.15, -0.1) is 0 Å². The van der Waals surface area contributed by atoms with Crippen LogP contribution in [0.4, 0.5) is 0 Å². The van der Waals surface area contributed by atoms with Gasteiger partial charge < -0.3 is 4.74 Å². The molecule has 11 atom stereocenters. The zero-order valence-electron chi connectivity index (χ0n) is 41.1. The lowest BCUT2D eigenvalue weighted by atomic mass is 9.56. The van der Waals surface area contributed by atoms with Gasteiger partial charge >= 0.3 is 0 Å². The lowest BCUT2D eigenvalue weighted by molar-refractivity contribution is -0.0904. The highest BCUT2D eigenvalue weighted by Crippen LogP contribution is 2.62. The average molecular weight is 865 g/mol. The first-order valence-electron chi connectivity index (χ1n) is 30.5. The first-order valence-corrected chi connectivity index (χ1v) is 30.5. The van der Waals surface area contributed by atoms with Gasteiger partial charge in [-0.05, 0) is 193 Å². The molecule has 10 aliphatic carbocycles. The Morgan fingerprint density at radius 2 is 0.794 bits per heavy atom. The molecule has 0 aromatic heterocycles. The zero-order chi connectivity index (χ0) is 41.7. The number of nitrogens with zero attached hydrogens (tertiary/aromatic N) is 2. The molecule has 0 aromatic rings. The van der Waals surface area contributed by atoms with Gasteiger partial charge in [-0.25, -0.2) is 0 Å². The van der Waals surface area contributed by atoms with Crippen LogP contribution in [-0.2, 0) is 4.74 Å². The van der Waals surface area contributed by atoms with Crippen LogP contribution in [0.25, 0.3) is 0 Å². The normalized spacial score (nSPS) is 48.6. The Hall–Kier alpha value is -0.120. The summed E-state index contributed by atoms with van der Waals surface area (Å²) < 4.78 is 7.63. The molecular weight excluding hydrogens is 765 g/mol. The van der Waals surface area contributed by atoms with E-state index in [2.05, 4.69) is 9.80 Å². The summed E-state index contributed by atoms with van der Waals surface area (Å²) in [7, 11) is 0. The second-order valence-electron chi connectivity index (χ2n) is 26.5. The second-order valence-corrected chi connectivity index (χ2v) is 26.5. The minimum atomic E-state index is 0.565. The molecule has 0 radical (unpaired) electrons. The fraction of sp³-hybridized carbons (Fsp3) is 1.00. The van der Waals surface area contributed by atoms with E-state index in [1.807, 2.05) is 0 Å². The number of hydrogen-bond acceptors (Lipinski definition) is 3. The van der Waals surface area contributed by atoms with E-state index in [0.29, 0.717) is 12.2 Å². The first kappa shape index (κ1) is 44.1. The smallest absolute Gasteiger partial charge is 0.0769 e. The number of ether oxygens (including phenoxy) is 1. The summed E-state index contributed by atoms with van der Waals surface area (Å²) >= 11 is 0. The van der Waals surface area contributed by atoms with Gasteiger partial charge in [0.05, 0.1) is 12.2 Å². The predicted octanol–water partition coefficient (Wildman–Crippen LogP) is 15.7. The Kier molecular flexibility index (Phi) is 14.1. The number of hydrogen-bond donors (Lipinski definition) is 0. The van der Waals surface area contributed by atoms with Crippen LogP contribution in [0.1, 0.15) is 257 Å². The molecule has 0 bridgehead atoms. The third-order valence-corrected chi connectivity index (χ3v) is 24.0. The molecule has 10 saturated carbocycles. The number of likely N-dealkylation sites (tertiary alicyclic amines) is 1. The van der Waals surface area contributed by atoms with Crippen LogP contribution in [0, 0.1) is 71.0 Å². The molecule has 12 aliphatic rings. The van der Waals surface area contributed by atoms with E-state index in [1.54, 1.807) is 109 Å². The van der Waals surface area contributed by atoms with E-state index in [9.17, 15) is 0 Å². The van der Waals surface area contributed by atoms with Crippen molar-refractivity contribution in [3.05, 3.63) is 0 Å². The summed E-state index contributed by atoms with van der Waals surface area (Å²) in [5.41, 5.74) is 0. The van der Waals surface area contributed by atoms with Crippen LogP contribution in [0.5, 0.6) is 0 Å². The monoisotopic (exact) mass is 865 g/mol. The largest absolute Gasteiger partial charge is 0.373 e. The maximum Gasteiger partial charge on any atom is 0.0769 e. The highest BCUT2D eigenvalue weighted by atomic mass is 16.5. The van der Waals surface area contributed by atoms with E-state index in [-0.39, 0.29) is 0 Å². The highest BCUT2D eigenvalue weighted by molar-refractivity contribution is 5.16. The minimum Gasteiger partial charge on any atom is -0.373 e. The number of fused-ring (bicyclic) bond motifs is 7. The Bertz CT molecular complexity index is 1420. The molecule has 0 aromatic carbocycles. The fourth-order valence-electron chi connectivity index (χ4n) is 21.3. The topological polar surface area (TPSA) is 15.7 Å². The Morgan fingerprint density at radius 3 is 1.44 bits per heavy atom. The summed E-state index contributed by atoms with van der Waals surface area (Å²) in [6.45, 7) is 0. The van der Waals surface area contributed by atoms with Crippen molar-refractivity contribution in [3.63, 3.8) is 0 Å². The molecular formula is C60H100N2O. The average Bonchev–Trinajstić information content (AvgIpc) is 3.92. The highest BCUT2D eigenvalue weighted by Gasteiger charge is 2.64. The van der Waals surface area contributed by atoms with Crippen molar-refractivity contribution >= 4 is 0 Å². The zero-order valence-corrected chi connectivity index (χ0v) is 41.1. The molecule has 3 heteroatoms. The molecule has 63 heavy (non-hydrogen) atoms. The van der Waals surface area contributed by atoms with Gasteiger partial charge in [0.15, 0.2) is 0 Å². The molecule has 10 unspecified atom stereocenters. The number of rotatable bonds is 8. The summed E-state index contributed by atoms with van der Waals surface area (Å²) in [5, 5.41) is 0. The van der Waals surface area contributed by atoms with Crippen molar-refractivity contribution < 1.29 is 4.74 Å². The third kappa shape index (κ3) is 8.79. The lowest BCUT2D eigenvalue weighted by Gasteiger charge is -2.54. The molecule has 3 nitrogen and oxygen atoms in total. The van der Waals surface area contributed by atoms with Gasteiger partial charge in [0.25, 0.3) is 0 Å². The Balaban J connectivity index is 0.799.